The SMILES string of the molecule is C[Si](C)(C)c1ccc(-c2[c-]cccc2)nc1.Cc1cc2nc(-c3[c-]ccc4c3oc3ccccc34)n(-c3c(C(C)C)cccc3C(C)C)c2c(C)n1.[Ir]. The maximum atomic E-state index is 6.43. The summed E-state index contributed by atoms with van der Waals surface area (Å²) in [7, 11) is -1.23. The molecule has 0 amide bonds. The molecule has 53 heavy (non-hydrogen) atoms. The number of hydrogen-bond donors (Lipinski definition) is 0. The van der Waals surface area contributed by atoms with Gasteiger partial charge in [-0.25, -0.2) is 0 Å². The van der Waals surface area contributed by atoms with Crippen molar-refractivity contribution in [3.63, 3.8) is 0 Å². The second kappa shape index (κ2) is 15.4. The van der Waals surface area contributed by atoms with Crippen LogP contribution in [0.25, 0.3) is 61.3 Å². The molecule has 1 radical (unpaired) electrons. The maximum Gasteiger partial charge on any atom is 0.120 e. The van der Waals surface area contributed by atoms with E-state index in [4.69, 9.17) is 14.4 Å². The Morgan fingerprint density at radius 2 is 1.45 bits per heavy atom. The minimum Gasteiger partial charge on any atom is -0.501 e. The van der Waals surface area contributed by atoms with Crippen molar-refractivity contribution in [2.75, 3.05) is 0 Å². The number of furan rings is 1. The van der Waals surface area contributed by atoms with Crippen molar-refractivity contribution in [3.05, 3.63) is 138 Å². The number of benzene rings is 4. The first-order chi connectivity index (χ1) is 24.9. The van der Waals surface area contributed by atoms with E-state index in [2.05, 4.69) is 131 Å². The monoisotopic (exact) mass is 891 g/mol. The minimum atomic E-state index is -1.23. The molecule has 0 N–H and O–H groups in total. The van der Waals surface area contributed by atoms with Crippen molar-refractivity contribution in [2.45, 2.75) is 73.0 Å². The quantitative estimate of drug-likeness (QED) is 0.123. The Hall–Kier alpha value is -4.68. The molecule has 0 saturated heterocycles. The van der Waals surface area contributed by atoms with E-state index >= 15 is 0 Å². The standard InChI is InChI=1S/C32H30N3O.C14H16NSi.Ir/c1-18(2)22-12-9-13-23(19(3)4)30(22)35-29-21(6)33-20(5)17-27(29)34-32(35)26-15-10-14-25-24-11-7-8-16-28(24)36-31(25)26;1-16(2,3)13-9-10-14(15-11-13)12-7-5-4-6-8-12;/h7-14,16-19H,1-6H3;4-7,9-11H,1-3H3;/q2*-1;. The Kier molecular flexibility index (Phi) is 11.0. The van der Waals surface area contributed by atoms with E-state index in [-0.39, 0.29) is 20.1 Å². The topological polar surface area (TPSA) is 56.7 Å². The molecule has 0 fully saturated rings. The molecule has 4 aromatic carbocycles. The van der Waals surface area contributed by atoms with Crippen molar-refractivity contribution >= 4 is 46.2 Å². The average Bonchev–Trinajstić information content (AvgIpc) is 3.70. The van der Waals surface area contributed by atoms with Gasteiger partial charge >= 0.3 is 0 Å². The van der Waals surface area contributed by atoms with E-state index in [0.717, 1.165) is 67.0 Å². The van der Waals surface area contributed by atoms with Crippen LogP contribution in [0.2, 0.25) is 19.6 Å². The van der Waals surface area contributed by atoms with Crippen molar-refractivity contribution < 1.29 is 24.5 Å². The van der Waals surface area contributed by atoms with Crippen LogP contribution >= 0.6 is 0 Å². The van der Waals surface area contributed by atoms with Crippen LogP contribution in [0.15, 0.2) is 108 Å². The molecule has 271 valence electrons. The second-order valence-corrected chi connectivity index (χ2v) is 20.3. The van der Waals surface area contributed by atoms with Gasteiger partial charge in [0, 0.05) is 43.1 Å². The molecule has 4 heterocycles. The molecule has 8 aromatic rings. The Labute approximate surface area is 327 Å². The first-order valence-corrected chi connectivity index (χ1v) is 21.7. The number of para-hydroxylation sites is 2. The van der Waals surface area contributed by atoms with Gasteiger partial charge in [-0.1, -0.05) is 107 Å². The fourth-order valence-corrected chi connectivity index (χ4v) is 8.03. The molecule has 0 unspecified atom stereocenters. The molecule has 0 spiro atoms. The molecular weight excluding hydrogens is 845 g/mol. The smallest absolute Gasteiger partial charge is 0.120 e. The largest absolute Gasteiger partial charge is 0.501 e. The van der Waals surface area contributed by atoms with E-state index in [9.17, 15) is 0 Å². The Bertz CT molecular complexity index is 2500. The third kappa shape index (κ3) is 7.44. The molecule has 8 rings (SSSR count). The van der Waals surface area contributed by atoms with Gasteiger partial charge in [0.2, 0.25) is 0 Å². The molecule has 7 heteroatoms. The van der Waals surface area contributed by atoms with E-state index < -0.39 is 8.07 Å². The maximum absolute atomic E-state index is 6.43. The Morgan fingerprint density at radius 3 is 2.09 bits per heavy atom. The molecule has 0 aliphatic heterocycles. The number of aromatic nitrogens is 4. The van der Waals surface area contributed by atoms with Gasteiger partial charge < -0.3 is 14.0 Å². The van der Waals surface area contributed by atoms with Crippen LogP contribution in [0, 0.1) is 26.0 Å². The van der Waals surface area contributed by atoms with Crippen LogP contribution in [-0.2, 0) is 20.1 Å². The summed E-state index contributed by atoms with van der Waals surface area (Å²) in [6.07, 6.45) is 2.02. The first-order valence-electron chi connectivity index (χ1n) is 18.2. The van der Waals surface area contributed by atoms with Gasteiger partial charge in [0.25, 0.3) is 0 Å². The molecule has 0 aliphatic carbocycles. The van der Waals surface area contributed by atoms with E-state index in [1.165, 1.54) is 22.0 Å². The number of pyridine rings is 2. The summed E-state index contributed by atoms with van der Waals surface area (Å²) < 4.78 is 8.75. The summed E-state index contributed by atoms with van der Waals surface area (Å²) in [5.41, 5.74) is 12.3. The van der Waals surface area contributed by atoms with Crippen molar-refractivity contribution in [3.8, 4) is 28.3 Å². The van der Waals surface area contributed by atoms with E-state index in [1.54, 1.807) is 0 Å². The third-order valence-corrected chi connectivity index (χ3v) is 11.7. The number of aryl methyl sites for hydroxylation is 2. The molecule has 0 aliphatic rings. The van der Waals surface area contributed by atoms with Crippen molar-refractivity contribution in [1.29, 1.82) is 0 Å². The predicted molar refractivity (Wildman–Crippen MR) is 220 cm³/mol. The molecule has 5 nitrogen and oxygen atoms in total. The van der Waals surface area contributed by atoms with E-state index in [1.807, 2.05) is 55.6 Å². The second-order valence-electron chi connectivity index (χ2n) is 15.2. The predicted octanol–water partition coefficient (Wildman–Crippen LogP) is 11.7. The summed E-state index contributed by atoms with van der Waals surface area (Å²) in [5, 5.41) is 3.57. The van der Waals surface area contributed by atoms with Gasteiger partial charge in [0.15, 0.2) is 0 Å². The van der Waals surface area contributed by atoms with Gasteiger partial charge in [-0.05, 0) is 59.8 Å². The molecular formula is C46H46IrN4OSi-2. The zero-order chi connectivity index (χ0) is 36.7. The summed E-state index contributed by atoms with van der Waals surface area (Å²) in [5.74, 6) is 1.52. The van der Waals surface area contributed by atoms with Crippen LogP contribution in [0.4, 0.5) is 0 Å². The summed E-state index contributed by atoms with van der Waals surface area (Å²) >= 11 is 0. The van der Waals surface area contributed by atoms with Crippen LogP contribution < -0.4 is 5.19 Å². The van der Waals surface area contributed by atoms with Gasteiger partial charge in [-0.2, -0.15) is 0 Å². The zero-order valence-corrected chi connectivity index (χ0v) is 35.4. The molecule has 0 saturated carbocycles. The van der Waals surface area contributed by atoms with Crippen LogP contribution in [0.5, 0.6) is 0 Å². The van der Waals surface area contributed by atoms with Gasteiger partial charge in [0.1, 0.15) is 5.58 Å². The summed E-state index contributed by atoms with van der Waals surface area (Å²) in [6.45, 7) is 20.1. The molecule has 0 bridgehead atoms. The zero-order valence-electron chi connectivity index (χ0n) is 32.0. The van der Waals surface area contributed by atoms with E-state index in [0.29, 0.717) is 11.8 Å². The van der Waals surface area contributed by atoms with Crippen LogP contribution in [0.3, 0.4) is 0 Å². The van der Waals surface area contributed by atoms with Gasteiger partial charge in [-0.3, -0.25) is 9.97 Å². The summed E-state index contributed by atoms with van der Waals surface area (Å²) in [6, 6.07) is 39.9. The number of fused-ring (bicyclic) bond motifs is 4. The minimum absolute atomic E-state index is 0. The van der Waals surface area contributed by atoms with Crippen molar-refractivity contribution in [2.24, 2.45) is 0 Å². The normalized spacial score (nSPS) is 11.7. The Balaban J connectivity index is 0.000000238. The fraction of sp³-hybridized carbons (Fsp3) is 0.239. The fourth-order valence-electron chi connectivity index (χ4n) is 6.99. The Morgan fingerprint density at radius 1 is 0.736 bits per heavy atom. The number of hydrogen-bond acceptors (Lipinski definition) is 4. The third-order valence-electron chi connectivity index (χ3n) is 9.68. The van der Waals surface area contributed by atoms with Crippen LogP contribution in [0.1, 0.15) is 62.0 Å². The molecule has 0 atom stereocenters. The van der Waals surface area contributed by atoms with Gasteiger partial charge in [0.05, 0.1) is 36.2 Å². The number of nitrogens with zero attached hydrogens (tertiary/aromatic N) is 4. The van der Waals surface area contributed by atoms with Crippen molar-refractivity contribution in [1.82, 2.24) is 19.5 Å². The van der Waals surface area contributed by atoms with Gasteiger partial charge in [-0.15, -0.1) is 54.1 Å². The molecule has 4 aromatic heterocycles. The average molecular weight is 891 g/mol. The first kappa shape index (κ1) is 38.1. The number of rotatable bonds is 6. The number of imidazole rings is 1. The van der Waals surface area contributed by atoms with Crippen LogP contribution in [-0.4, -0.2) is 27.6 Å². The summed E-state index contributed by atoms with van der Waals surface area (Å²) in [4.78, 5) is 14.6.